The summed E-state index contributed by atoms with van der Waals surface area (Å²) in [5.41, 5.74) is 13.3. The summed E-state index contributed by atoms with van der Waals surface area (Å²) in [5, 5.41) is 7.73. The first-order valence-electron chi connectivity index (χ1n) is 17.0. The summed E-state index contributed by atoms with van der Waals surface area (Å²) in [6, 6.07) is 58.1. The molecule has 0 aromatic heterocycles. The van der Waals surface area contributed by atoms with E-state index in [4.69, 9.17) is 0 Å². The summed E-state index contributed by atoms with van der Waals surface area (Å²) in [7, 11) is 0. The number of hydrogen-bond acceptors (Lipinski definition) is 0. The Balaban J connectivity index is 1.17. The third kappa shape index (κ3) is 4.44. The molecule has 0 atom stereocenters. The van der Waals surface area contributed by atoms with E-state index >= 15 is 0 Å². The zero-order valence-electron chi connectivity index (χ0n) is 27.4. The van der Waals surface area contributed by atoms with Gasteiger partial charge >= 0.3 is 0 Å². The largest absolute Gasteiger partial charge is 0.0795 e. The van der Waals surface area contributed by atoms with Crippen molar-refractivity contribution in [2.75, 3.05) is 0 Å². The van der Waals surface area contributed by atoms with Crippen LogP contribution >= 0.6 is 0 Å². The van der Waals surface area contributed by atoms with Gasteiger partial charge in [-0.05, 0) is 100 Å². The summed E-state index contributed by atoms with van der Waals surface area (Å²) in [6.45, 7) is 4.69. The fourth-order valence-corrected chi connectivity index (χ4v) is 8.24. The lowest BCUT2D eigenvalue weighted by molar-refractivity contribution is 0.660. The first-order valence-corrected chi connectivity index (χ1v) is 17.0. The van der Waals surface area contributed by atoms with Crippen LogP contribution in [-0.2, 0) is 11.8 Å². The zero-order valence-corrected chi connectivity index (χ0v) is 27.4. The minimum atomic E-state index is 0.0135. The van der Waals surface area contributed by atoms with Gasteiger partial charge in [-0.1, -0.05) is 178 Å². The molecule has 0 saturated heterocycles. The number of hydrogen-bond donors (Lipinski definition) is 0. The molecule has 0 bridgehead atoms. The summed E-state index contributed by atoms with van der Waals surface area (Å²) in [6.07, 6.45) is 5.58. The standard InChI is InChI=1S/C48H36/c1-48(2)44-26-13-12-23-40(44)43-31-35(28-30-45(43)48)36-20-8-6-15-32(36)19-14-25-39-38-22-10-11-24-41(38)46(34-17-4-3-5-18-34)47-37-21-9-7-16-33(37)27-29-42(39)47/h3-18,20-31H,19H2,1-2H3/b25-14+. The molecule has 8 aromatic carbocycles. The van der Waals surface area contributed by atoms with Crippen LogP contribution in [0.2, 0.25) is 0 Å². The van der Waals surface area contributed by atoms with Crippen LogP contribution in [0.3, 0.4) is 0 Å². The molecule has 9 rings (SSSR count). The molecular weight excluding hydrogens is 577 g/mol. The molecule has 0 heterocycles. The van der Waals surface area contributed by atoms with Crippen LogP contribution < -0.4 is 0 Å². The van der Waals surface area contributed by atoms with Crippen molar-refractivity contribution in [3.8, 4) is 33.4 Å². The third-order valence-electron chi connectivity index (χ3n) is 10.6. The zero-order chi connectivity index (χ0) is 32.2. The highest BCUT2D eigenvalue weighted by Gasteiger charge is 2.35. The molecule has 1 aliphatic rings. The van der Waals surface area contributed by atoms with Gasteiger partial charge in [0.1, 0.15) is 0 Å². The third-order valence-corrected chi connectivity index (χ3v) is 10.6. The number of allylic oxidation sites excluding steroid dienone is 1. The van der Waals surface area contributed by atoms with Crippen LogP contribution in [0.25, 0.3) is 71.8 Å². The van der Waals surface area contributed by atoms with Crippen LogP contribution in [-0.4, -0.2) is 0 Å². The van der Waals surface area contributed by atoms with Crippen molar-refractivity contribution in [1.29, 1.82) is 0 Å². The Morgan fingerprint density at radius 3 is 2.00 bits per heavy atom. The van der Waals surface area contributed by atoms with Gasteiger partial charge < -0.3 is 0 Å². The number of benzene rings is 8. The maximum Gasteiger partial charge on any atom is 0.0158 e. The van der Waals surface area contributed by atoms with Crippen molar-refractivity contribution in [1.82, 2.24) is 0 Å². The highest BCUT2D eigenvalue weighted by Crippen LogP contribution is 2.50. The molecule has 0 N–H and O–H groups in total. The van der Waals surface area contributed by atoms with Gasteiger partial charge in [0, 0.05) is 5.41 Å². The molecule has 0 spiro atoms. The Labute approximate surface area is 282 Å². The maximum atomic E-state index is 2.42. The average Bonchev–Trinajstić information content (AvgIpc) is 3.37. The molecule has 0 radical (unpaired) electrons. The molecule has 0 fully saturated rings. The number of rotatable bonds is 5. The lowest BCUT2D eigenvalue weighted by Crippen LogP contribution is -2.14. The maximum absolute atomic E-state index is 2.42. The van der Waals surface area contributed by atoms with Crippen LogP contribution in [0.1, 0.15) is 36.1 Å². The van der Waals surface area contributed by atoms with E-state index in [2.05, 4.69) is 184 Å². The van der Waals surface area contributed by atoms with Crippen molar-refractivity contribution in [3.63, 3.8) is 0 Å². The average molecular weight is 613 g/mol. The van der Waals surface area contributed by atoms with Crippen LogP contribution in [0.15, 0.2) is 164 Å². The molecule has 0 unspecified atom stereocenters. The Morgan fingerprint density at radius 2 is 1.15 bits per heavy atom. The molecule has 0 nitrogen and oxygen atoms in total. The van der Waals surface area contributed by atoms with Crippen molar-refractivity contribution < 1.29 is 0 Å². The minimum absolute atomic E-state index is 0.0135. The molecule has 228 valence electrons. The summed E-state index contributed by atoms with van der Waals surface area (Å²) < 4.78 is 0. The highest BCUT2D eigenvalue weighted by molar-refractivity contribution is 6.25. The van der Waals surface area contributed by atoms with E-state index in [1.54, 1.807) is 0 Å². The second kappa shape index (κ2) is 11.2. The first kappa shape index (κ1) is 28.5. The van der Waals surface area contributed by atoms with E-state index in [0.717, 1.165) is 6.42 Å². The molecule has 8 aromatic rings. The van der Waals surface area contributed by atoms with E-state index in [1.165, 1.54) is 88.0 Å². The van der Waals surface area contributed by atoms with Gasteiger partial charge in [0.05, 0.1) is 0 Å². The Bertz CT molecular complexity index is 2550. The first-order chi connectivity index (χ1) is 23.6. The lowest BCUT2D eigenvalue weighted by Gasteiger charge is -2.21. The molecule has 0 aliphatic heterocycles. The Morgan fingerprint density at radius 1 is 0.479 bits per heavy atom. The summed E-state index contributed by atoms with van der Waals surface area (Å²) >= 11 is 0. The second-order valence-corrected chi connectivity index (χ2v) is 13.6. The van der Waals surface area contributed by atoms with Crippen LogP contribution in [0.5, 0.6) is 0 Å². The smallest absolute Gasteiger partial charge is 0.0158 e. The Hall–Kier alpha value is -5.72. The van der Waals surface area contributed by atoms with Crippen molar-refractivity contribution in [2.24, 2.45) is 0 Å². The normalized spacial score (nSPS) is 13.4. The van der Waals surface area contributed by atoms with Gasteiger partial charge in [-0.15, -0.1) is 0 Å². The molecule has 1 aliphatic carbocycles. The van der Waals surface area contributed by atoms with E-state index in [1.807, 2.05) is 0 Å². The summed E-state index contributed by atoms with van der Waals surface area (Å²) in [4.78, 5) is 0. The quantitative estimate of drug-likeness (QED) is 0.134. The SMILES string of the molecule is CC1(C)c2ccccc2-c2cc(-c3ccccc3C/C=C/c3c4ccccc4c(-c4ccccc4)c4c3ccc3ccccc34)ccc21. The fraction of sp³-hybridized carbons (Fsp3) is 0.0833. The van der Waals surface area contributed by atoms with Gasteiger partial charge in [0.25, 0.3) is 0 Å². The molecular formula is C48H36. The number of fused-ring (bicyclic) bond motifs is 7. The van der Waals surface area contributed by atoms with Crippen LogP contribution in [0.4, 0.5) is 0 Å². The second-order valence-electron chi connectivity index (χ2n) is 13.6. The highest BCUT2D eigenvalue weighted by atomic mass is 14.4. The monoisotopic (exact) mass is 612 g/mol. The van der Waals surface area contributed by atoms with E-state index in [0.29, 0.717) is 0 Å². The van der Waals surface area contributed by atoms with Crippen molar-refractivity contribution in [2.45, 2.75) is 25.7 Å². The topological polar surface area (TPSA) is 0 Å². The van der Waals surface area contributed by atoms with Crippen LogP contribution in [0, 0.1) is 0 Å². The fourth-order valence-electron chi connectivity index (χ4n) is 8.24. The van der Waals surface area contributed by atoms with Crippen molar-refractivity contribution in [3.05, 3.63) is 186 Å². The molecule has 0 heteroatoms. The van der Waals surface area contributed by atoms with Gasteiger partial charge in [0.2, 0.25) is 0 Å². The van der Waals surface area contributed by atoms with E-state index in [-0.39, 0.29) is 5.41 Å². The summed E-state index contributed by atoms with van der Waals surface area (Å²) in [5.74, 6) is 0. The predicted molar refractivity (Wildman–Crippen MR) is 207 cm³/mol. The van der Waals surface area contributed by atoms with Gasteiger partial charge in [-0.3, -0.25) is 0 Å². The molecule has 48 heavy (non-hydrogen) atoms. The lowest BCUT2D eigenvalue weighted by atomic mass is 9.82. The molecule has 0 saturated carbocycles. The van der Waals surface area contributed by atoms with E-state index < -0.39 is 0 Å². The van der Waals surface area contributed by atoms with Gasteiger partial charge in [-0.2, -0.15) is 0 Å². The van der Waals surface area contributed by atoms with Gasteiger partial charge in [-0.25, -0.2) is 0 Å². The minimum Gasteiger partial charge on any atom is -0.0795 e. The van der Waals surface area contributed by atoms with E-state index in [9.17, 15) is 0 Å². The predicted octanol–water partition coefficient (Wildman–Crippen LogP) is 13.0. The molecule has 0 amide bonds. The Kier molecular flexibility index (Phi) is 6.66. The van der Waals surface area contributed by atoms with Crippen molar-refractivity contribution >= 4 is 38.4 Å². The van der Waals surface area contributed by atoms with Gasteiger partial charge in [0.15, 0.2) is 0 Å².